The van der Waals surface area contributed by atoms with Crippen molar-refractivity contribution in [2.24, 2.45) is 5.92 Å². The lowest BCUT2D eigenvalue weighted by Gasteiger charge is -2.41. The van der Waals surface area contributed by atoms with Gasteiger partial charge < -0.3 is 19.8 Å². The second kappa shape index (κ2) is 10.3. The van der Waals surface area contributed by atoms with Gasteiger partial charge in [0.15, 0.2) is 8.32 Å². The van der Waals surface area contributed by atoms with E-state index in [9.17, 15) is 14.4 Å². The van der Waals surface area contributed by atoms with E-state index in [0.717, 1.165) is 11.8 Å². The SMILES string of the molecule is C=CCOC(=O)NCc1nc(C)c(C(=O)S[C@H]2NC(=O)[C@@H]2CO[Si](C)(C)C(C)(C)C)s1. The first kappa shape index (κ1) is 25.6. The lowest BCUT2D eigenvalue weighted by Crippen LogP contribution is -2.59. The van der Waals surface area contributed by atoms with Crippen LogP contribution < -0.4 is 10.6 Å². The van der Waals surface area contributed by atoms with E-state index in [-0.39, 0.29) is 40.5 Å². The molecule has 1 fully saturated rings. The molecule has 31 heavy (non-hydrogen) atoms. The fourth-order valence-electron chi connectivity index (χ4n) is 2.40. The molecule has 0 saturated carbocycles. The first-order valence-corrected chi connectivity index (χ1v) is 14.6. The number of ether oxygens (including phenoxy) is 1. The second-order valence-electron chi connectivity index (χ2n) is 8.78. The van der Waals surface area contributed by atoms with E-state index in [1.54, 1.807) is 6.92 Å². The second-order valence-corrected chi connectivity index (χ2v) is 15.8. The van der Waals surface area contributed by atoms with Gasteiger partial charge in [-0.05, 0) is 25.1 Å². The molecule has 172 valence electrons. The van der Waals surface area contributed by atoms with Crippen LogP contribution in [0.15, 0.2) is 12.7 Å². The van der Waals surface area contributed by atoms with E-state index >= 15 is 0 Å². The van der Waals surface area contributed by atoms with Crippen LogP contribution in [-0.2, 0) is 20.5 Å². The zero-order chi connectivity index (χ0) is 23.4. The number of hydrogen-bond acceptors (Lipinski definition) is 8. The number of nitrogens with zero attached hydrogens (tertiary/aromatic N) is 1. The number of aryl methyl sites for hydroxylation is 1. The quantitative estimate of drug-likeness (QED) is 0.311. The van der Waals surface area contributed by atoms with Crippen LogP contribution in [0.5, 0.6) is 0 Å². The number of amides is 2. The van der Waals surface area contributed by atoms with Gasteiger partial charge in [0.1, 0.15) is 16.5 Å². The van der Waals surface area contributed by atoms with Gasteiger partial charge in [-0.3, -0.25) is 9.59 Å². The Labute approximate surface area is 192 Å². The average molecular weight is 486 g/mol. The van der Waals surface area contributed by atoms with Crippen LogP contribution in [-0.4, -0.2) is 49.0 Å². The summed E-state index contributed by atoms with van der Waals surface area (Å²) < 4.78 is 11.0. The summed E-state index contributed by atoms with van der Waals surface area (Å²) in [5, 5.41) is 5.56. The van der Waals surface area contributed by atoms with Crippen LogP contribution in [0.1, 0.15) is 41.1 Å². The first-order chi connectivity index (χ1) is 14.4. The molecule has 2 N–H and O–H groups in total. The van der Waals surface area contributed by atoms with Crippen molar-refractivity contribution in [3.05, 3.63) is 28.2 Å². The molecule has 1 saturated heterocycles. The molecular weight excluding hydrogens is 454 g/mol. The number of hydrogen-bond donors (Lipinski definition) is 2. The maximum Gasteiger partial charge on any atom is 0.407 e. The average Bonchev–Trinajstić information content (AvgIpc) is 3.04. The normalized spacial score (nSPS) is 18.7. The maximum absolute atomic E-state index is 12.8. The minimum Gasteiger partial charge on any atom is -0.445 e. The predicted molar refractivity (Wildman–Crippen MR) is 126 cm³/mol. The van der Waals surface area contributed by atoms with Gasteiger partial charge in [0.25, 0.3) is 0 Å². The van der Waals surface area contributed by atoms with Gasteiger partial charge in [0.2, 0.25) is 11.0 Å². The zero-order valence-electron chi connectivity index (χ0n) is 18.9. The highest BCUT2D eigenvalue weighted by Crippen LogP contribution is 2.38. The molecule has 2 atom stereocenters. The van der Waals surface area contributed by atoms with Gasteiger partial charge in [0, 0.05) is 6.61 Å². The molecule has 2 rings (SSSR count). The molecule has 0 aliphatic carbocycles. The van der Waals surface area contributed by atoms with Crippen LogP contribution in [0.4, 0.5) is 4.79 Å². The number of carbonyl (C=O) groups is 3. The molecule has 0 spiro atoms. The van der Waals surface area contributed by atoms with Crippen LogP contribution in [0.25, 0.3) is 0 Å². The van der Waals surface area contributed by atoms with Crippen LogP contribution in [0, 0.1) is 12.8 Å². The largest absolute Gasteiger partial charge is 0.445 e. The van der Waals surface area contributed by atoms with Crippen LogP contribution in [0.2, 0.25) is 18.1 Å². The van der Waals surface area contributed by atoms with Gasteiger partial charge in [-0.25, -0.2) is 9.78 Å². The molecule has 0 radical (unpaired) electrons. The summed E-state index contributed by atoms with van der Waals surface area (Å²) in [6.45, 7) is 16.6. The number of thiazole rings is 1. The number of rotatable bonds is 9. The zero-order valence-corrected chi connectivity index (χ0v) is 21.5. The summed E-state index contributed by atoms with van der Waals surface area (Å²) in [5.41, 5.74) is 0.596. The fraction of sp³-hybridized carbons (Fsp3) is 0.600. The molecule has 1 aromatic rings. The highest BCUT2D eigenvalue weighted by Gasteiger charge is 2.45. The molecule has 11 heteroatoms. The van der Waals surface area contributed by atoms with Crippen molar-refractivity contribution in [2.45, 2.75) is 57.7 Å². The number of carbonyl (C=O) groups excluding carboxylic acids is 3. The lowest BCUT2D eigenvalue weighted by molar-refractivity contribution is -0.133. The van der Waals surface area contributed by atoms with Crippen molar-refractivity contribution >= 4 is 48.5 Å². The number of thioether (sulfide) groups is 1. The van der Waals surface area contributed by atoms with Crippen molar-refractivity contribution in [2.75, 3.05) is 13.2 Å². The van der Waals surface area contributed by atoms with Crippen molar-refractivity contribution < 1.29 is 23.5 Å². The minimum absolute atomic E-state index is 0.0496. The summed E-state index contributed by atoms with van der Waals surface area (Å²) in [5.74, 6) is -0.440. The number of nitrogens with one attached hydrogen (secondary N) is 2. The third-order valence-electron chi connectivity index (χ3n) is 5.39. The highest BCUT2D eigenvalue weighted by molar-refractivity contribution is 8.15. The fourth-order valence-corrected chi connectivity index (χ4v) is 5.56. The van der Waals surface area contributed by atoms with E-state index in [0.29, 0.717) is 22.2 Å². The summed E-state index contributed by atoms with van der Waals surface area (Å²) in [4.78, 5) is 41.2. The molecule has 8 nitrogen and oxygen atoms in total. The Morgan fingerprint density at radius 3 is 2.65 bits per heavy atom. The maximum atomic E-state index is 12.8. The molecule has 2 heterocycles. The van der Waals surface area contributed by atoms with E-state index in [1.807, 2.05) is 0 Å². The third-order valence-corrected chi connectivity index (χ3v) is 12.3. The Morgan fingerprint density at radius 2 is 2.06 bits per heavy atom. The third kappa shape index (κ3) is 6.64. The van der Waals surface area contributed by atoms with Crippen molar-refractivity contribution in [3.8, 4) is 0 Å². The van der Waals surface area contributed by atoms with Crippen molar-refractivity contribution in [1.29, 1.82) is 0 Å². The highest BCUT2D eigenvalue weighted by atomic mass is 32.2. The molecule has 1 aliphatic rings. The smallest absolute Gasteiger partial charge is 0.407 e. The van der Waals surface area contributed by atoms with Gasteiger partial charge in [0.05, 0.1) is 23.5 Å². The van der Waals surface area contributed by atoms with Gasteiger partial charge in [-0.15, -0.1) is 11.3 Å². The van der Waals surface area contributed by atoms with Crippen molar-refractivity contribution in [1.82, 2.24) is 15.6 Å². The van der Waals surface area contributed by atoms with Gasteiger partial charge in [-0.2, -0.15) is 0 Å². The van der Waals surface area contributed by atoms with Crippen molar-refractivity contribution in [3.63, 3.8) is 0 Å². The Hall–Kier alpha value is -1.69. The van der Waals surface area contributed by atoms with Gasteiger partial charge >= 0.3 is 6.09 Å². The lowest BCUT2D eigenvalue weighted by atomic mass is 10.0. The predicted octanol–water partition coefficient (Wildman–Crippen LogP) is 3.83. The van der Waals surface area contributed by atoms with E-state index in [4.69, 9.17) is 9.16 Å². The Kier molecular flexibility index (Phi) is 8.48. The summed E-state index contributed by atoms with van der Waals surface area (Å²) in [6.07, 6.45) is 0.905. The van der Waals surface area contributed by atoms with Crippen LogP contribution in [0.3, 0.4) is 0 Å². The molecule has 0 unspecified atom stereocenters. The number of aromatic nitrogens is 1. The molecule has 0 aromatic carbocycles. The topological polar surface area (TPSA) is 107 Å². The number of alkyl carbamates (subject to hydrolysis) is 1. The van der Waals surface area contributed by atoms with E-state index < -0.39 is 14.4 Å². The standard InChI is InChI=1S/C20H31N3O5S2Si/c1-8-9-27-19(26)21-10-14-22-12(2)15(29-14)18(25)30-17-13(16(24)23-17)11-28-31(6,7)20(3,4)5/h8,13,17H,1,9-11H2,2-7H3,(H,21,26)(H,23,24)/t13-,17+/m0/s1. The minimum atomic E-state index is -1.98. The Morgan fingerprint density at radius 1 is 1.39 bits per heavy atom. The molecule has 2 amide bonds. The summed E-state index contributed by atoms with van der Waals surface area (Å²) in [6, 6.07) is 0. The molecular formula is C20H31N3O5S2Si. The molecule has 1 aromatic heterocycles. The molecule has 0 bridgehead atoms. The summed E-state index contributed by atoms with van der Waals surface area (Å²) >= 11 is 2.31. The molecule has 1 aliphatic heterocycles. The first-order valence-electron chi connectivity index (χ1n) is 9.99. The monoisotopic (exact) mass is 485 g/mol. The Bertz CT molecular complexity index is 850. The van der Waals surface area contributed by atoms with Gasteiger partial charge in [-0.1, -0.05) is 45.2 Å². The Balaban J connectivity index is 1.92. The van der Waals surface area contributed by atoms with Crippen LogP contribution >= 0.6 is 23.1 Å². The van der Waals surface area contributed by atoms with E-state index in [1.165, 1.54) is 17.4 Å². The number of β-lactam (4-membered cyclic amide) rings is 1. The summed E-state index contributed by atoms with van der Waals surface area (Å²) in [7, 11) is -1.98. The van der Waals surface area contributed by atoms with E-state index in [2.05, 4.69) is 56.1 Å².